The fourth-order valence-electron chi connectivity index (χ4n) is 6.71. The number of halogens is 5. The third-order valence-corrected chi connectivity index (χ3v) is 10.2. The molecule has 1 heterocycles. The predicted octanol–water partition coefficient (Wildman–Crippen LogP) is 7.20. The SMILES string of the molecule is CC(=O)N1CCN(c2ccc(CN(C(=O)/C=C/c3ccc(C(F)(F)F)cc3)[C@@H](Cc3ccccc3)C(=O)N(C)CCN(C)Cc3ccc(C)c(F)c3F)cc2)CC1. The summed E-state index contributed by atoms with van der Waals surface area (Å²) in [7, 11) is 3.37. The Morgan fingerprint density at radius 3 is 2.04 bits per heavy atom. The summed E-state index contributed by atoms with van der Waals surface area (Å²) in [6.07, 6.45) is -1.64. The maximum Gasteiger partial charge on any atom is 0.416 e. The first-order valence-corrected chi connectivity index (χ1v) is 18.8. The van der Waals surface area contributed by atoms with Crippen LogP contribution in [0.3, 0.4) is 0 Å². The Kier molecular flexibility index (Phi) is 14.2. The molecule has 1 aliphatic heterocycles. The average Bonchev–Trinajstić information content (AvgIpc) is 3.20. The Bertz CT molecular complexity index is 2020. The number of nitrogens with zero attached hydrogens (tertiary/aromatic N) is 5. The maximum absolute atomic E-state index is 14.6. The van der Waals surface area contributed by atoms with Crippen LogP contribution in [0.25, 0.3) is 6.08 Å². The standard InChI is InChI=1S/C44H48F5N5O3/c1-31-10-16-36(42(46)41(31)45)30-50(3)22-23-51(4)43(57)39(28-34-8-6-5-7-9-34)54(40(56)21-15-33-11-17-37(18-12-33)44(47,48)49)29-35-13-19-38(20-14-35)53-26-24-52(25-27-53)32(2)55/h5-21,39H,22-30H2,1-4H3/b21-15+/t39-/m0/s1. The van der Waals surface area contributed by atoms with Gasteiger partial charge in [-0.15, -0.1) is 0 Å². The minimum absolute atomic E-state index is 0.0359. The van der Waals surface area contributed by atoms with Crippen molar-refractivity contribution in [2.24, 2.45) is 0 Å². The monoisotopic (exact) mass is 789 g/mol. The van der Waals surface area contributed by atoms with E-state index in [1.54, 1.807) is 30.8 Å². The third-order valence-electron chi connectivity index (χ3n) is 10.2. The third kappa shape index (κ3) is 11.5. The van der Waals surface area contributed by atoms with Crippen LogP contribution in [0.2, 0.25) is 0 Å². The number of alkyl halides is 3. The molecule has 5 rings (SSSR count). The minimum atomic E-state index is -4.51. The van der Waals surface area contributed by atoms with E-state index >= 15 is 0 Å². The second-order valence-corrected chi connectivity index (χ2v) is 14.5. The van der Waals surface area contributed by atoms with Gasteiger partial charge in [-0.1, -0.05) is 66.7 Å². The average molecular weight is 790 g/mol. The predicted molar refractivity (Wildman–Crippen MR) is 211 cm³/mol. The molecule has 57 heavy (non-hydrogen) atoms. The van der Waals surface area contributed by atoms with Crippen LogP contribution in [0, 0.1) is 18.6 Å². The number of amides is 3. The van der Waals surface area contributed by atoms with Gasteiger partial charge >= 0.3 is 6.18 Å². The number of hydrogen-bond acceptors (Lipinski definition) is 5. The van der Waals surface area contributed by atoms with Crippen molar-refractivity contribution in [2.45, 2.75) is 45.6 Å². The number of rotatable bonds is 14. The first-order valence-electron chi connectivity index (χ1n) is 18.8. The number of likely N-dealkylation sites (N-methyl/N-ethyl adjacent to an activating group) is 2. The Labute approximate surface area is 330 Å². The Morgan fingerprint density at radius 1 is 0.772 bits per heavy atom. The van der Waals surface area contributed by atoms with Crippen LogP contribution in [0.1, 0.15) is 40.3 Å². The molecule has 4 aromatic rings. The van der Waals surface area contributed by atoms with Gasteiger partial charge in [-0.25, -0.2) is 8.78 Å². The van der Waals surface area contributed by atoms with Gasteiger partial charge in [-0.3, -0.25) is 14.4 Å². The van der Waals surface area contributed by atoms with Crippen molar-refractivity contribution in [1.29, 1.82) is 0 Å². The molecule has 3 amide bonds. The van der Waals surface area contributed by atoms with Crippen LogP contribution in [-0.4, -0.2) is 96.7 Å². The summed E-state index contributed by atoms with van der Waals surface area (Å²) in [5, 5.41) is 0. The van der Waals surface area contributed by atoms with E-state index in [4.69, 9.17) is 0 Å². The first kappa shape index (κ1) is 42.6. The van der Waals surface area contributed by atoms with E-state index in [0.717, 1.165) is 28.9 Å². The lowest BCUT2D eigenvalue weighted by atomic mass is 10.0. The van der Waals surface area contributed by atoms with E-state index in [9.17, 15) is 36.3 Å². The zero-order chi connectivity index (χ0) is 41.3. The van der Waals surface area contributed by atoms with E-state index in [1.807, 2.05) is 54.6 Å². The largest absolute Gasteiger partial charge is 0.416 e. The molecule has 1 saturated heterocycles. The lowest BCUT2D eigenvalue weighted by Crippen LogP contribution is -2.51. The van der Waals surface area contributed by atoms with Crippen LogP contribution >= 0.6 is 0 Å². The molecule has 8 nitrogen and oxygen atoms in total. The molecule has 1 fully saturated rings. The number of carbonyl (C=O) groups excluding carboxylic acids is 3. The van der Waals surface area contributed by atoms with Crippen LogP contribution in [-0.2, 0) is 40.1 Å². The van der Waals surface area contributed by atoms with Gasteiger partial charge in [0, 0.05) is 90.1 Å². The van der Waals surface area contributed by atoms with E-state index in [1.165, 1.54) is 53.1 Å². The lowest BCUT2D eigenvalue weighted by Gasteiger charge is -2.36. The molecule has 4 aromatic carbocycles. The molecule has 0 aliphatic carbocycles. The number of hydrogen-bond donors (Lipinski definition) is 0. The lowest BCUT2D eigenvalue weighted by molar-refractivity contribution is -0.143. The first-order chi connectivity index (χ1) is 27.1. The highest BCUT2D eigenvalue weighted by molar-refractivity contribution is 5.95. The van der Waals surface area contributed by atoms with E-state index in [2.05, 4.69) is 4.90 Å². The van der Waals surface area contributed by atoms with Gasteiger partial charge in [0.1, 0.15) is 6.04 Å². The fourth-order valence-corrected chi connectivity index (χ4v) is 6.71. The van der Waals surface area contributed by atoms with Crippen molar-refractivity contribution in [2.75, 3.05) is 58.3 Å². The van der Waals surface area contributed by atoms with Gasteiger partial charge in [-0.2, -0.15) is 13.2 Å². The van der Waals surface area contributed by atoms with Crippen LogP contribution < -0.4 is 4.90 Å². The van der Waals surface area contributed by atoms with E-state index < -0.39 is 35.3 Å². The quantitative estimate of drug-likeness (QED) is 0.1000. The van der Waals surface area contributed by atoms with E-state index in [-0.39, 0.29) is 49.0 Å². The number of anilines is 1. The van der Waals surface area contributed by atoms with Crippen LogP contribution in [0.15, 0.2) is 97.1 Å². The van der Waals surface area contributed by atoms with Crippen molar-refractivity contribution < 1.29 is 36.3 Å². The fraction of sp³-hybridized carbons (Fsp3) is 0.341. The molecule has 302 valence electrons. The summed E-state index contributed by atoms with van der Waals surface area (Å²) < 4.78 is 68.5. The van der Waals surface area contributed by atoms with Gasteiger partial charge in [0.2, 0.25) is 17.7 Å². The molecular weight excluding hydrogens is 742 g/mol. The summed E-state index contributed by atoms with van der Waals surface area (Å²) >= 11 is 0. The molecule has 0 bridgehead atoms. The maximum atomic E-state index is 14.6. The summed E-state index contributed by atoms with van der Waals surface area (Å²) in [4.78, 5) is 49.3. The van der Waals surface area contributed by atoms with E-state index in [0.29, 0.717) is 38.3 Å². The Morgan fingerprint density at radius 2 is 1.42 bits per heavy atom. The van der Waals surface area contributed by atoms with Crippen molar-refractivity contribution >= 4 is 29.5 Å². The zero-order valence-corrected chi connectivity index (χ0v) is 32.6. The van der Waals surface area contributed by atoms with Crippen molar-refractivity contribution in [1.82, 2.24) is 19.6 Å². The van der Waals surface area contributed by atoms with Gasteiger partial charge in [-0.05, 0) is 66.6 Å². The number of benzene rings is 4. The summed E-state index contributed by atoms with van der Waals surface area (Å²) in [5.74, 6) is -2.63. The van der Waals surface area contributed by atoms with Crippen LogP contribution in [0.5, 0.6) is 0 Å². The van der Waals surface area contributed by atoms with Crippen LogP contribution in [0.4, 0.5) is 27.6 Å². The minimum Gasteiger partial charge on any atom is -0.368 e. The molecule has 1 atom stereocenters. The van der Waals surface area contributed by atoms with Gasteiger partial charge in [0.05, 0.1) is 5.56 Å². The molecule has 1 aliphatic rings. The highest BCUT2D eigenvalue weighted by Crippen LogP contribution is 2.29. The highest BCUT2D eigenvalue weighted by atomic mass is 19.4. The molecule has 0 spiro atoms. The van der Waals surface area contributed by atoms with Crippen molar-refractivity contribution in [3.05, 3.63) is 142 Å². The van der Waals surface area contributed by atoms with Crippen molar-refractivity contribution in [3.63, 3.8) is 0 Å². The topological polar surface area (TPSA) is 67.4 Å². The van der Waals surface area contributed by atoms with Crippen molar-refractivity contribution in [3.8, 4) is 0 Å². The summed E-state index contributed by atoms with van der Waals surface area (Å²) in [6, 6.07) is 23.4. The Balaban J connectivity index is 1.40. The molecule has 0 aromatic heterocycles. The second-order valence-electron chi connectivity index (χ2n) is 14.5. The highest BCUT2D eigenvalue weighted by Gasteiger charge is 2.32. The molecule has 13 heteroatoms. The second kappa shape index (κ2) is 19.1. The smallest absolute Gasteiger partial charge is 0.368 e. The molecule has 0 saturated carbocycles. The zero-order valence-electron chi connectivity index (χ0n) is 32.6. The number of aryl methyl sites for hydroxylation is 1. The van der Waals surface area contributed by atoms with Gasteiger partial charge < -0.3 is 24.5 Å². The molecule has 0 radical (unpaired) electrons. The Hall–Kier alpha value is -5.56. The normalized spacial score (nSPS) is 13.9. The molecular formula is C44H48F5N5O3. The van der Waals surface area contributed by atoms with Gasteiger partial charge in [0.15, 0.2) is 11.6 Å². The number of piperazine rings is 1. The van der Waals surface area contributed by atoms with Gasteiger partial charge in [0.25, 0.3) is 0 Å². The molecule has 0 N–H and O–H groups in total. The number of carbonyl (C=O) groups is 3. The summed E-state index contributed by atoms with van der Waals surface area (Å²) in [5.41, 5.74) is 2.48. The summed E-state index contributed by atoms with van der Waals surface area (Å²) in [6.45, 7) is 6.30. The molecule has 0 unspecified atom stereocenters.